The van der Waals surface area contributed by atoms with E-state index in [1.807, 2.05) is 6.92 Å². The normalized spacial score (nSPS) is 29.8. The van der Waals surface area contributed by atoms with Gasteiger partial charge in [-0.15, -0.1) is 0 Å². The fourth-order valence-corrected chi connectivity index (χ4v) is 2.86. The van der Waals surface area contributed by atoms with Crippen molar-refractivity contribution in [3.05, 3.63) is 0 Å². The standard InChI is InChI=1S/C14H29NO2/c1-4-12-7-8-14(16)13(11-12)15(5-2)9-10-17-6-3/h12-14,16H,4-11H2,1-3H3. The number of nitrogens with zero attached hydrogens (tertiary/aromatic N) is 1. The number of hydrogen-bond acceptors (Lipinski definition) is 3. The third-order valence-electron chi connectivity index (χ3n) is 4.07. The molecule has 0 aromatic carbocycles. The predicted octanol–water partition coefficient (Wildman–Crippen LogP) is 2.28. The fourth-order valence-electron chi connectivity index (χ4n) is 2.86. The molecular weight excluding hydrogens is 214 g/mol. The number of likely N-dealkylation sites (N-methyl/N-ethyl adjacent to an activating group) is 1. The number of aliphatic hydroxyl groups is 1. The van der Waals surface area contributed by atoms with Gasteiger partial charge < -0.3 is 9.84 Å². The minimum absolute atomic E-state index is 0.139. The highest BCUT2D eigenvalue weighted by molar-refractivity contribution is 4.86. The monoisotopic (exact) mass is 243 g/mol. The van der Waals surface area contributed by atoms with Crippen molar-refractivity contribution < 1.29 is 9.84 Å². The summed E-state index contributed by atoms with van der Waals surface area (Å²) in [6.45, 7) is 9.98. The minimum Gasteiger partial charge on any atom is -0.391 e. The second kappa shape index (κ2) is 8.06. The first kappa shape index (κ1) is 14.9. The van der Waals surface area contributed by atoms with E-state index in [0.29, 0.717) is 6.04 Å². The van der Waals surface area contributed by atoms with E-state index < -0.39 is 0 Å². The van der Waals surface area contributed by atoms with Gasteiger partial charge in [-0.3, -0.25) is 4.90 Å². The quantitative estimate of drug-likeness (QED) is 0.696. The Hall–Kier alpha value is -0.120. The van der Waals surface area contributed by atoms with Gasteiger partial charge in [0.15, 0.2) is 0 Å². The molecule has 1 aliphatic carbocycles. The Bertz CT molecular complexity index is 199. The van der Waals surface area contributed by atoms with Crippen LogP contribution in [-0.2, 0) is 4.74 Å². The van der Waals surface area contributed by atoms with Gasteiger partial charge in [0.1, 0.15) is 0 Å². The van der Waals surface area contributed by atoms with Crippen LogP contribution in [0.3, 0.4) is 0 Å². The zero-order chi connectivity index (χ0) is 12.7. The lowest BCUT2D eigenvalue weighted by Crippen LogP contribution is -2.48. The van der Waals surface area contributed by atoms with Gasteiger partial charge in [-0.25, -0.2) is 0 Å². The van der Waals surface area contributed by atoms with Crippen molar-refractivity contribution in [2.75, 3.05) is 26.3 Å². The molecule has 3 heteroatoms. The van der Waals surface area contributed by atoms with Gasteiger partial charge in [0.25, 0.3) is 0 Å². The Morgan fingerprint density at radius 2 is 2.00 bits per heavy atom. The number of rotatable bonds is 7. The molecule has 0 aromatic rings. The molecule has 1 aliphatic rings. The highest BCUT2D eigenvalue weighted by Crippen LogP contribution is 2.29. The van der Waals surface area contributed by atoms with E-state index in [2.05, 4.69) is 18.7 Å². The van der Waals surface area contributed by atoms with Gasteiger partial charge >= 0.3 is 0 Å². The van der Waals surface area contributed by atoms with Crippen LogP contribution in [0.25, 0.3) is 0 Å². The topological polar surface area (TPSA) is 32.7 Å². The molecule has 0 aromatic heterocycles. The Kier molecular flexibility index (Phi) is 7.09. The van der Waals surface area contributed by atoms with Crippen LogP contribution in [-0.4, -0.2) is 48.5 Å². The molecule has 1 rings (SSSR count). The van der Waals surface area contributed by atoms with Crippen molar-refractivity contribution in [3.8, 4) is 0 Å². The van der Waals surface area contributed by atoms with Crippen LogP contribution in [0.2, 0.25) is 0 Å². The zero-order valence-electron chi connectivity index (χ0n) is 11.7. The molecule has 1 N–H and O–H groups in total. The molecule has 0 amide bonds. The lowest BCUT2D eigenvalue weighted by atomic mass is 9.81. The summed E-state index contributed by atoms with van der Waals surface area (Å²) >= 11 is 0. The predicted molar refractivity (Wildman–Crippen MR) is 71.2 cm³/mol. The highest BCUT2D eigenvalue weighted by Gasteiger charge is 2.31. The molecule has 3 unspecified atom stereocenters. The number of aliphatic hydroxyl groups excluding tert-OH is 1. The lowest BCUT2D eigenvalue weighted by molar-refractivity contribution is -0.00711. The SMILES string of the molecule is CCOCCN(CC)C1CC(CC)CCC1O. The van der Waals surface area contributed by atoms with Gasteiger partial charge in [0.2, 0.25) is 0 Å². The highest BCUT2D eigenvalue weighted by atomic mass is 16.5. The van der Waals surface area contributed by atoms with E-state index in [1.165, 1.54) is 12.8 Å². The summed E-state index contributed by atoms with van der Waals surface area (Å²) in [4.78, 5) is 2.39. The van der Waals surface area contributed by atoms with Gasteiger partial charge in [-0.05, 0) is 38.6 Å². The molecule has 3 nitrogen and oxygen atoms in total. The summed E-state index contributed by atoms with van der Waals surface area (Å²) in [6, 6.07) is 0.346. The van der Waals surface area contributed by atoms with Crippen LogP contribution in [0.4, 0.5) is 0 Å². The molecule has 102 valence electrons. The molecular formula is C14H29NO2. The van der Waals surface area contributed by atoms with Crippen LogP contribution in [0.15, 0.2) is 0 Å². The Labute approximate surface area is 106 Å². The maximum atomic E-state index is 10.2. The van der Waals surface area contributed by atoms with Crippen molar-refractivity contribution in [3.63, 3.8) is 0 Å². The Morgan fingerprint density at radius 3 is 2.59 bits per heavy atom. The lowest BCUT2D eigenvalue weighted by Gasteiger charge is -2.40. The van der Waals surface area contributed by atoms with Crippen molar-refractivity contribution in [1.29, 1.82) is 0 Å². The van der Waals surface area contributed by atoms with Crippen molar-refractivity contribution in [1.82, 2.24) is 4.90 Å². The third-order valence-corrected chi connectivity index (χ3v) is 4.07. The van der Waals surface area contributed by atoms with E-state index in [9.17, 15) is 5.11 Å². The third kappa shape index (κ3) is 4.57. The number of hydrogen-bond donors (Lipinski definition) is 1. The van der Waals surface area contributed by atoms with Crippen LogP contribution in [0.5, 0.6) is 0 Å². The molecule has 17 heavy (non-hydrogen) atoms. The van der Waals surface area contributed by atoms with E-state index in [1.54, 1.807) is 0 Å². The van der Waals surface area contributed by atoms with Crippen LogP contribution in [0.1, 0.15) is 46.5 Å². The largest absolute Gasteiger partial charge is 0.391 e. The van der Waals surface area contributed by atoms with Gasteiger partial charge in [-0.2, -0.15) is 0 Å². The Morgan fingerprint density at radius 1 is 1.24 bits per heavy atom. The smallest absolute Gasteiger partial charge is 0.0695 e. The molecule has 0 heterocycles. The van der Waals surface area contributed by atoms with E-state index in [-0.39, 0.29) is 6.10 Å². The van der Waals surface area contributed by atoms with E-state index >= 15 is 0 Å². The summed E-state index contributed by atoms with van der Waals surface area (Å²) in [5.74, 6) is 0.796. The maximum absolute atomic E-state index is 10.2. The second-order valence-electron chi connectivity index (χ2n) is 5.05. The summed E-state index contributed by atoms with van der Waals surface area (Å²) < 4.78 is 5.42. The molecule has 0 bridgehead atoms. The molecule has 1 saturated carbocycles. The first-order chi connectivity index (χ1) is 8.22. The van der Waals surface area contributed by atoms with Crippen LogP contribution in [0, 0.1) is 5.92 Å². The molecule has 1 fully saturated rings. The van der Waals surface area contributed by atoms with Crippen molar-refractivity contribution in [2.45, 2.75) is 58.6 Å². The number of ether oxygens (including phenoxy) is 1. The molecule has 0 saturated heterocycles. The summed E-state index contributed by atoms with van der Waals surface area (Å²) in [5.41, 5.74) is 0. The van der Waals surface area contributed by atoms with Crippen molar-refractivity contribution >= 4 is 0 Å². The molecule has 0 aliphatic heterocycles. The first-order valence-electron chi connectivity index (χ1n) is 7.22. The molecule has 0 spiro atoms. The van der Waals surface area contributed by atoms with Crippen molar-refractivity contribution in [2.24, 2.45) is 5.92 Å². The first-order valence-corrected chi connectivity index (χ1v) is 7.22. The van der Waals surface area contributed by atoms with Gasteiger partial charge in [-0.1, -0.05) is 20.3 Å². The van der Waals surface area contributed by atoms with E-state index in [4.69, 9.17) is 4.74 Å². The second-order valence-corrected chi connectivity index (χ2v) is 5.05. The summed E-state index contributed by atoms with van der Waals surface area (Å²) in [5, 5.41) is 10.2. The average molecular weight is 243 g/mol. The Balaban J connectivity index is 2.46. The fraction of sp³-hybridized carbons (Fsp3) is 1.00. The summed E-state index contributed by atoms with van der Waals surface area (Å²) in [7, 11) is 0. The van der Waals surface area contributed by atoms with Crippen LogP contribution < -0.4 is 0 Å². The zero-order valence-corrected chi connectivity index (χ0v) is 11.7. The van der Waals surface area contributed by atoms with Gasteiger partial charge in [0, 0.05) is 19.2 Å². The molecule has 3 atom stereocenters. The van der Waals surface area contributed by atoms with Gasteiger partial charge in [0.05, 0.1) is 12.7 Å². The van der Waals surface area contributed by atoms with E-state index in [0.717, 1.165) is 45.1 Å². The van der Waals surface area contributed by atoms with Crippen LogP contribution >= 0.6 is 0 Å². The molecule has 0 radical (unpaired) electrons. The average Bonchev–Trinajstić information content (AvgIpc) is 2.36. The summed E-state index contributed by atoms with van der Waals surface area (Å²) in [6.07, 6.45) is 4.41. The maximum Gasteiger partial charge on any atom is 0.0695 e. The minimum atomic E-state index is -0.139.